The molecule has 0 aliphatic rings. The summed E-state index contributed by atoms with van der Waals surface area (Å²) >= 11 is 0. The van der Waals surface area contributed by atoms with E-state index >= 15 is 0 Å². The van der Waals surface area contributed by atoms with Crippen LogP contribution >= 0.6 is 0 Å². The first-order valence-corrected chi connectivity index (χ1v) is 7.39. The highest BCUT2D eigenvalue weighted by molar-refractivity contribution is 6.67. The van der Waals surface area contributed by atoms with Gasteiger partial charge in [0, 0.05) is 19.8 Å². The zero-order chi connectivity index (χ0) is 11.9. The fourth-order valence-electron chi connectivity index (χ4n) is 1.30. The number of hydrogen-bond acceptors (Lipinski definition) is 5. The molecule has 1 atom stereocenters. The fourth-order valence-corrected chi connectivity index (χ4v) is 2.93. The van der Waals surface area contributed by atoms with Gasteiger partial charge in [0.1, 0.15) is 0 Å². The van der Waals surface area contributed by atoms with Gasteiger partial charge in [-0.1, -0.05) is 12.2 Å². The quantitative estimate of drug-likeness (QED) is 0.473. The topological polar surface area (TPSA) is 40.2 Å². The average Bonchev–Trinajstić information content (AvgIpc) is 2.29. The molecule has 5 nitrogen and oxygen atoms in total. The normalized spacial score (nSPS) is 14.6. The Morgan fingerprint density at radius 2 is 1.53 bits per heavy atom. The molecule has 0 spiro atoms. The molecule has 0 radical (unpaired) electrons. The van der Waals surface area contributed by atoms with Gasteiger partial charge < -0.3 is 8.85 Å². The number of nitrogens with zero attached hydrogens (tertiary/aromatic N) is 1. The Hall–Kier alpha value is 0.0169. The molecule has 0 saturated carbocycles. The van der Waals surface area contributed by atoms with Crippen molar-refractivity contribution in [2.75, 3.05) is 35.0 Å². The van der Waals surface area contributed by atoms with Gasteiger partial charge in [-0.3, -0.25) is 9.68 Å². The van der Waals surface area contributed by atoms with Crippen molar-refractivity contribution in [2.24, 2.45) is 0 Å². The van der Waals surface area contributed by atoms with Crippen LogP contribution in [-0.4, -0.2) is 48.8 Å². The number of hydrogen-bond donors (Lipinski definition) is 0. The summed E-state index contributed by atoms with van der Waals surface area (Å²) in [7, 11) is 4.54. The molecule has 0 aromatic rings. The van der Waals surface area contributed by atoms with E-state index in [1.165, 1.54) is 5.23 Å². The fraction of sp³-hybridized carbons (Fsp3) is 1.00. The zero-order valence-electron chi connectivity index (χ0n) is 10.6. The smallest absolute Gasteiger partial charge is 0.337 e. The largest absolute Gasteiger partial charge is 0.398 e. The van der Waals surface area contributed by atoms with Crippen molar-refractivity contribution in [2.45, 2.75) is 25.4 Å². The molecule has 0 amide bonds. The van der Waals surface area contributed by atoms with Gasteiger partial charge in [-0.25, -0.2) is 0 Å². The van der Waals surface area contributed by atoms with Crippen molar-refractivity contribution < 1.29 is 18.5 Å². The van der Waals surface area contributed by atoms with Gasteiger partial charge >= 0.3 is 8.56 Å². The van der Waals surface area contributed by atoms with E-state index in [-0.39, 0.29) is 0 Å². The van der Waals surface area contributed by atoms with Gasteiger partial charge in [0.15, 0.2) is 0 Å². The average molecular weight is 237 g/mol. The summed E-state index contributed by atoms with van der Waals surface area (Å²) in [6, 6.07) is 0. The minimum absolute atomic E-state index is 0.375. The van der Waals surface area contributed by atoms with E-state index in [9.17, 15) is 0 Å². The van der Waals surface area contributed by atoms with Crippen molar-refractivity contribution >= 4 is 8.56 Å². The molecule has 0 bridgehead atoms. The van der Waals surface area contributed by atoms with Gasteiger partial charge in [0.05, 0.1) is 20.8 Å². The summed E-state index contributed by atoms with van der Waals surface area (Å²) in [6.45, 7) is 4.88. The molecule has 0 aromatic carbocycles. The molecular weight excluding hydrogens is 214 g/mol. The lowest BCUT2D eigenvalue weighted by molar-refractivity contribution is -0.342. The lowest BCUT2D eigenvalue weighted by Gasteiger charge is -2.30. The van der Waals surface area contributed by atoms with Crippen LogP contribution in [0, 0.1) is 0 Å². The maximum atomic E-state index is 5.46. The molecule has 0 N–H and O–H groups in total. The molecule has 0 fully saturated rings. The van der Waals surface area contributed by atoms with E-state index in [0.717, 1.165) is 6.42 Å². The maximum absolute atomic E-state index is 5.46. The number of rotatable bonds is 8. The van der Waals surface area contributed by atoms with E-state index in [1.807, 2.05) is 0 Å². The SMILES string of the molecule is CON(CCC(C)[Si](C)(OC)OC)OC. The Kier molecular flexibility index (Phi) is 7.32. The standard InChI is InChI=1S/C9H23NO4Si/c1-9(15(6,13-4)14-5)7-8-10(11-2)12-3/h9H,7-8H2,1-6H3. The molecule has 92 valence electrons. The molecule has 6 heteroatoms. The third-order valence-electron chi connectivity index (χ3n) is 2.86. The first kappa shape index (κ1) is 15.0. The van der Waals surface area contributed by atoms with E-state index in [4.69, 9.17) is 18.5 Å². The molecule has 0 heterocycles. The van der Waals surface area contributed by atoms with Crippen LogP contribution in [0.3, 0.4) is 0 Å². The molecule has 0 aromatic heterocycles. The van der Waals surface area contributed by atoms with Gasteiger partial charge in [0.25, 0.3) is 0 Å². The summed E-state index contributed by atoms with van der Waals surface area (Å²) in [5.41, 5.74) is 0.375. The highest BCUT2D eigenvalue weighted by atomic mass is 28.4. The second kappa shape index (κ2) is 7.32. The predicted molar refractivity (Wildman–Crippen MR) is 60.4 cm³/mol. The Labute approximate surface area is 93.4 Å². The minimum Gasteiger partial charge on any atom is -0.398 e. The molecule has 1 unspecified atom stereocenters. The van der Waals surface area contributed by atoms with E-state index in [0.29, 0.717) is 12.1 Å². The molecule has 0 aliphatic carbocycles. The van der Waals surface area contributed by atoms with E-state index in [2.05, 4.69) is 13.5 Å². The molecule has 0 saturated heterocycles. The van der Waals surface area contributed by atoms with Crippen molar-refractivity contribution in [3.8, 4) is 0 Å². The van der Waals surface area contributed by atoms with Gasteiger partial charge in [-0.05, 0) is 13.0 Å². The predicted octanol–water partition coefficient (Wildman–Crippen LogP) is 1.56. The summed E-state index contributed by atoms with van der Waals surface area (Å²) in [4.78, 5) is 9.95. The van der Waals surface area contributed by atoms with Crippen LogP contribution in [0.4, 0.5) is 0 Å². The van der Waals surface area contributed by atoms with Crippen molar-refractivity contribution in [3.63, 3.8) is 0 Å². The van der Waals surface area contributed by atoms with Crippen molar-refractivity contribution in [3.05, 3.63) is 0 Å². The van der Waals surface area contributed by atoms with Gasteiger partial charge in [-0.15, -0.1) is 0 Å². The van der Waals surface area contributed by atoms with Crippen LogP contribution < -0.4 is 0 Å². The first-order valence-electron chi connectivity index (χ1n) is 5.00. The molecule has 0 aliphatic heterocycles. The highest BCUT2D eigenvalue weighted by Crippen LogP contribution is 2.26. The summed E-state index contributed by atoms with van der Waals surface area (Å²) < 4.78 is 10.9. The molecule has 0 rings (SSSR count). The van der Waals surface area contributed by atoms with E-state index < -0.39 is 8.56 Å². The van der Waals surface area contributed by atoms with Crippen LogP contribution in [0.5, 0.6) is 0 Å². The Morgan fingerprint density at radius 3 is 1.87 bits per heavy atom. The lowest BCUT2D eigenvalue weighted by Crippen LogP contribution is -2.41. The van der Waals surface area contributed by atoms with E-state index in [1.54, 1.807) is 28.4 Å². The summed E-state index contributed by atoms with van der Waals surface area (Å²) in [5.74, 6) is 0. The van der Waals surface area contributed by atoms with Gasteiger partial charge in [-0.2, -0.15) is 0 Å². The Bertz CT molecular complexity index is 162. The van der Waals surface area contributed by atoms with Crippen LogP contribution in [0.25, 0.3) is 0 Å². The Morgan fingerprint density at radius 1 is 1.07 bits per heavy atom. The second-order valence-electron chi connectivity index (χ2n) is 3.54. The third kappa shape index (κ3) is 4.58. The monoisotopic (exact) mass is 237 g/mol. The van der Waals surface area contributed by atoms with Gasteiger partial charge in [0.2, 0.25) is 0 Å². The highest BCUT2D eigenvalue weighted by Gasteiger charge is 2.36. The molecule has 15 heavy (non-hydrogen) atoms. The minimum atomic E-state index is -2.03. The van der Waals surface area contributed by atoms with Crippen LogP contribution in [0.2, 0.25) is 12.1 Å². The van der Waals surface area contributed by atoms with Crippen molar-refractivity contribution in [1.82, 2.24) is 5.23 Å². The zero-order valence-corrected chi connectivity index (χ0v) is 11.6. The van der Waals surface area contributed by atoms with Crippen LogP contribution in [0.1, 0.15) is 13.3 Å². The third-order valence-corrected chi connectivity index (χ3v) is 6.56. The lowest BCUT2D eigenvalue weighted by atomic mass is 10.3. The van der Waals surface area contributed by atoms with Crippen LogP contribution in [0.15, 0.2) is 0 Å². The second-order valence-corrected chi connectivity index (χ2v) is 7.37. The number of hydroxylamine groups is 2. The maximum Gasteiger partial charge on any atom is 0.337 e. The summed E-state index contributed by atoms with van der Waals surface area (Å²) in [6.07, 6.45) is 0.909. The summed E-state index contributed by atoms with van der Waals surface area (Å²) in [5, 5.41) is 1.44. The first-order chi connectivity index (χ1) is 7.03. The van der Waals surface area contributed by atoms with Crippen molar-refractivity contribution in [1.29, 1.82) is 0 Å². The Balaban J connectivity index is 4.06. The van der Waals surface area contributed by atoms with Crippen LogP contribution in [-0.2, 0) is 18.5 Å². The molecular formula is C9H23NO4Si.